The Morgan fingerprint density at radius 2 is 1.83 bits per heavy atom. The van der Waals surface area contributed by atoms with Crippen LogP contribution in [0.15, 0.2) is 48.5 Å². The van der Waals surface area contributed by atoms with Gasteiger partial charge in [-0.25, -0.2) is 0 Å². The number of rotatable bonds is 6. The number of amides is 1. The van der Waals surface area contributed by atoms with Crippen LogP contribution in [0.4, 0.5) is 11.4 Å². The highest BCUT2D eigenvalue weighted by Crippen LogP contribution is 2.29. The average Bonchev–Trinajstić information content (AvgIpc) is 2.54. The maximum Gasteiger partial charge on any atom is 0.226 e. The minimum atomic E-state index is -0.0241. The maximum atomic E-state index is 12.1. The van der Waals surface area contributed by atoms with E-state index in [1.807, 2.05) is 30.3 Å². The summed E-state index contributed by atoms with van der Waals surface area (Å²) in [5, 5.41) is 6.26. The van der Waals surface area contributed by atoms with Gasteiger partial charge in [-0.3, -0.25) is 4.79 Å². The Balaban J connectivity index is 1.89. The number of anilines is 2. The molecule has 24 heavy (non-hydrogen) atoms. The average molecular weight is 326 g/mol. The van der Waals surface area contributed by atoms with Gasteiger partial charge in [0.25, 0.3) is 0 Å². The molecule has 2 aromatic carbocycles. The first-order chi connectivity index (χ1) is 11.4. The Morgan fingerprint density at radius 1 is 1.08 bits per heavy atom. The number of methoxy groups -OCH3 is 1. The Hall–Kier alpha value is -2.49. The molecule has 0 bridgehead atoms. The quantitative estimate of drug-likeness (QED) is 0.825. The molecule has 0 saturated heterocycles. The first-order valence-corrected chi connectivity index (χ1v) is 8.17. The lowest BCUT2D eigenvalue weighted by Gasteiger charge is -2.23. The summed E-state index contributed by atoms with van der Waals surface area (Å²) in [5.41, 5.74) is 3.14. The summed E-state index contributed by atoms with van der Waals surface area (Å²) in [4.78, 5) is 12.1. The SMILES string of the molecule is COc1cccc(NC(=O)CCNc2ccccc2C(C)(C)C)c1. The third-order valence-electron chi connectivity index (χ3n) is 3.76. The fourth-order valence-corrected chi connectivity index (χ4v) is 2.53. The first kappa shape index (κ1) is 17.9. The van der Waals surface area contributed by atoms with Crippen LogP contribution in [0.25, 0.3) is 0 Å². The molecule has 0 aliphatic carbocycles. The van der Waals surface area contributed by atoms with Crippen molar-refractivity contribution in [1.29, 1.82) is 0 Å². The minimum absolute atomic E-state index is 0.0241. The normalized spacial score (nSPS) is 11.0. The molecule has 0 aliphatic rings. The van der Waals surface area contributed by atoms with Crippen LogP contribution in [-0.2, 0) is 10.2 Å². The van der Waals surface area contributed by atoms with Crippen molar-refractivity contribution in [1.82, 2.24) is 0 Å². The zero-order valence-electron chi connectivity index (χ0n) is 14.8. The number of carbonyl (C=O) groups is 1. The lowest BCUT2D eigenvalue weighted by atomic mass is 9.86. The second kappa shape index (κ2) is 7.86. The highest BCUT2D eigenvalue weighted by molar-refractivity contribution is 5.91. The number of nitrogens with one attached hydrogen (secondary N) is 2. The lowest BCUT2D eigenvalue weighted by molar-refractivity contribution is -0.115. The zero-order valence-corrected chi connectivity index (χ0v) is 14.8. The molecule has 4 nitrogen and oxygen atoms in total. The van der Waals surface area contributed by atoms with Crippen molar-refractivity contribution in [3.05, 3.63) is 54.1 Å². The first-order valence-electron chi connectivity index (χ1n) is 8.17. The summed E-state index contributed by atoms with van der Waals surface area (Å²) in [5.74, 6) is 0.703. The molecule has 0 saturated carbocycles. The molecule has 0 fully saturated rings. The lowest BCUT2D eigenvalue weighted by Crippen LogP contribution is -2.19. The monoisotopic (exact) mass is 326 g/mol. The molecular weight excluding hydrogens is 300 g/mol. The Labute approximate surface area is 144 Å². The summed E-state index contributed by atoms with van der Waals surface area (Å²) < 4.78 is 5.16. The summed E-state index contributed by atoms with van der Waals surface area (Å²) in [6.45, 7) is 7.14. The fraction of sp³-hybridized carbons (Fsp3) is 0.350. The van der Waals surface area contributed by atoms with Gasteiger partial charge in [-0.1, -0.05) is 45.0 Å². The molecule has 0 spiro atoms. The molecule has 2 rings (SSSR count). The molecule has 4 heteroatoms. The third kappa shape index (κ3) is 5.01. The van der Waals surface area contributed by atoms with E-state index in [9.17, 15) is 4.79 Å². The summed E-state index contributed by atoms with van der Waals surface area (Å²) >= 11 is 0. The number of hydrogen-bond acceptors (Lipinski definition) is 3. The van der Waals surface area contributed by atoms with E-state index in [1.165, 1.54) is 5.56 Å². The molecule has 0 aromatic heterocycles. The maximum absolute atomic E-state index is 12.1. The van der Waals surface area contributed by atoms with Crippen LogP contribution in [0, 0.1) is 0 Å². The topological polar surface area (TPSA) is 50.4 Å². The number of hydrogen-bond donors (Lipinski definition) is 2. The van der Waals surface area contributed by atoms with Crippen molar-refractivity contribution in [2.75, 3.05) is 24.3 Å². The molecule has 2 aromatic rings. The highest BCUT2D eigenvalue weighted by atomic mass is 16.5. The largest absolute Gasteiger partial charge is 0.497 e. The smallest absolute Gasteiger partial charge is 0.226 e. The Bertz CT molecular complexity index is 690. The predicted molar refractivity (Wildman–Crippen MR) is 99.9 cm³/mol. The minimum Gasteiger partial charge on any atom is -0.497 e. The molecule has 128 valence electrons. The van der Waals surface area contributed by atoms with Gasteiger partial charge < -0.3 is 15.4 Å². The molecule has 2 N–H and O–H groups in total. The van der Waals surface area contributed by atoms with Gasteiger partial charge in [0.05, 0.1) is 7.11 Å². The fourth-order valence-electron chi connectivity index (χ4n) is 2.53. The van der Waals surface area contributed by atoms with Crippen LogP contribution < -0.4 is 15.4 Å². The van der Waals surface area contributed by atoms with Gasteiger partial charge in [0.15, 0.2) is 0 Å². The van der Waals surface area contributed by atoms with E-state index in [0.717, 1.165) is 17.1 Å². The van der Waals surface area contributed by atoms with Gasteiger partial charge in [0.2, 0.25) is 5.91 Å². The van der Waals surface area contributed by atoms with E-state index in [2.05, 4.69) is 43.5 Å². The van der Waals surface area contributed by atoms with Gasteiger partial charge in [-0.15, -0.1) is 0 Å². The van der Waals surface area contributed by atoms with Gasteiger partial charge in [0.1, 0.15) is 5.75 Å². The van der Waals surface area contributed by atoms with Gasteiger partial charge in [-0.2, -0.15) is 0 Å². The molecular formula is C20H26N2O2. The van der Waals surface area contributed by atoms with Crippen LogP contribution in [0.5, 0.6) is 5.75 Å². The van der Waals surface area contributed by atoms with Crippen molar-refractivity contribution in [3.8, 4) is 5.75 Å². The van der Waals surface area contributed by atoms with Crippen LogP contribution in [-0.4, -0.2) is 19.6 Å². The van der Waals surface area contributed by atoms with E-state index >= 15 is 0 Å². The molecule has 1 amide bonds. The number of para-hydroxylation sites is 1. The van der Waals surface area contributed by atoms with Crippen LogP contribution in [0.3, 0.4) is 0 Å². The summed E-state index contributed by atoms with van der Waals surface area (Å²) in [6, 6.07) is 15.6. The second-order valence-corrected chi connectivity index (χ2v) is 6.75. The Morgan fingerprint density at radius 3 is 2.54 bits per heavy atom. The van der Waals surface area contributed by atoms with Crippen molar-refractivity contribution < 1.29 is 9.53 Å². The molecule has 0 heterocycles. The van der Waals surface area contributed by atoms with Crippen LogP contribution in [0.1, 0.15) is 32.8 Å². The van der Waals surface area contributed by atoms with E-state index < -0.39 is 0 Å². The van der Waals surface area contributed by atoms with E-state index in [0.29, 0.717) is 13.0 Å². The van der Waals surface area contributed by atoms with E-state index in [4.69, 9.17) is 4.74 Å². The van der Waals surface area contributed by atoms with Crippen molar-refractivity contribution in [2.24, 2.45) is 0 Å². The van der Waals surface area contributed by atoms with Crippen LogP contribution >= 0.6 is 0 Å². The third-order valence-corrected chi connectivity index (χ3v) is 3.76. The standard InChI is InChI=1S/C20H26N2O2/c1-20(2,3)17-10-5-6-11-18(17)21-13-12-19(23)22-15-8-7-9-16(14-15)24-4/h5-11,14,21H,12-13H2,1-4H3,(H,22,23). The highest BCUT2D eigenvalue weighted by Gasteiger charge is 2.17. The summed E-state index contributed by atoms with van der Waals surface area (Å²) in [6.07, 6.45) is 0.398. The number of ether oxygens (including phenoxy) is 1. The Kier molecular flexibility index (Phi) is 5.85. The van der Waals surface area contributed by atoms with Gasteiger partial charge >= 0.3 is 0 Å². The van der Waals surface area contributed by atoms with E-state index in [1.54, 1.807) is 13.2 Å². The number of benzene rings is 2. The predicted octanol–water partition coefficient (Wildman–Crippen LogP) is 4.43. The van der Waals surface area contributed by atoms with E-state index in [-0.39, 0.29) is 11.3 Å². The molecule has 0 radical (unpaired) electrons. The van der Waals surface area contributed by atoms with Crippen molar-refractivity contribution in [3.63, 3.8) is 0 Å². The van der Waals surface area contributed by atoms with Crippen molar-refractivity contribution in [2.45, 2.75) is 32.6 Å². The van der Waals surface area contributed by atoms with Crippen LogP contribution in [0.2, 0.25) is 0 Å². The molecule has 0 aliphatic heterocycles. The summed E-state index contributed by atoms with van der Waals surface area (Å²) in [7, 11) is 1.61. The van der Waals surface area contributed by atoms with Gasteiger partial charge in [-0.05, 0) is 29.2 Å². The molecule has 0 atom stereocenters. The zero-order chi connectivity index (χ0) is 17.6. The molecule has 0 unspecified atom stereocenters. The van der Waals surface area contributed by atoms with Crippen molar-refractivity contribution >= 4 is 17.3 Å². The van der Waals surface area contributed by atoms with Gasteiger partial charge in [0, 0.05) is 30.4 Å². The second-order valence-electron chi connectivity index (χ2n) is 6.75. The number of carbonyl (C=O) groups excluding carboxylic acids is 1.